The second-order valence-corrected chi connectivity index (χ2v) is 9.04. The van der Waals surface area contributed by atoms with E-state index in [1.807, 2.05) is 19.9 Å². The first kappa shape index (κ1) is 21.1. The van der Waals surface area contributed by atoms with Crippen LogP contribution in [0.2, 0.25) is 0 Å². The molecular formula is C21H34O5. The van der Waals surface area contributed by atoms with Crippen LogP contribution in [-0.2, 0) is 19.1 Å². The second-order valence-electron chi connectivity index (χ2n) is 9.04. The van der Waals surface area contributed by atoms with Crippen molar-refractivity contribution in [2.75, 3.05) is 0 Å². The van der Waals surface area contributed by atoms with Crippen LogP contribution in [0.15, 0.2) is 12.2 Å². The zero-order valence-electron chi connectivity index (χ0n) is 16.8. The Labute approximate surface area is 157 Å². The predicted octanol–water partition coefficient (Wildman–Crippen LogP) is 3.58. The fourth-order valence-corrected chi connectivity index (χ4v) is 4.28. The zero-order valence-corrected chi connectivity index (χ0v) is 16.8. The molecule has 2 bridgehead atoms. The van der Waals surface area contributed by atoms with Crippen LogP contribution in [-0.4, -0.2) is 40.3 Å². The molecule has 0 spiro atoms. The number of hydrogen-bond acceptors (Lipinski definition) is 5. The van der Waals surface area contributed by atoms with Gasteiger partial charge in [0.1, 0.15) is 17.5 Å². The number of hydrogen-bond donors (Lipinski definition) is 1. The molecule has 0 aromatic heterocycles. The number of ketones is 1. The number of carbonyl (C=O) groups is 2. The van der Waals surface area contributed by atoms with E-state index >= 15 is 0 Å². The highest BCUT2D eigenvalue weighted by Crippen LogP contribution is 2.47. The van der Waals surface area contributed by atoms with Gasteiger partial charge in [-0.1, -0.05) is 32.9 Å². The summed E-state index contributed by atoms with van der Waals surface area (Å²) in [4.78, 5) is 23.4. The van der Waals surface area contributed by atoms with Crippen LogP contribution in [0.1, 0.15) is 73.1 Å². The molecule has 148 valence electrons. The van der Waals surface area contributed by atoms with E-state index in [1.165, 1.54) is 0 Å². The first-order valence-electron chi connectivity index (χ1n) is 9.76. The molecule has 2 heterocycles. The first-order chi connectivity index (χ1) is 12.0. The normalized spacial score (nSPS) is 42.0. The maximum absolute atomic E-state index is 12.3. The Balaban J connectivity index is 2.41. The van der Waals surface area contributed by atoms with E-state index in [0.717, 1.165) is 19.3 Å². The van der Waals surface area contributed by atoms with Gasteiger partial charge in [-0.05, 0) is 51.4 Å². The van der Waals surface area contributed by atoms with Crippen molar-refractivity contribution >= 4 is 12.3 Å². The molecule has 0 aliphatic carbocycles. The van der Waals surface area contributed by atoms with Crippen molar-refractivity contribution in [2.45, 2.75) is 96.1 Å². The average Bonchev–Trinajstić information content (AvgIpc) is 2.88. The maximum Gasteiger partial charge on any atom is 0.293 e. The molecule has 2 rings (SSSR count). The van der Waals surface area contributed by atoms with Crippen LogP contribution in [0.4, 0.5) is 0 Å². The highest BCUT2D eigenvalue weighted by atomic mass is 16.6. The molecule has 0 saturated carbocycles. The Bertz CT molecular complexity index is 553. The van der Waals surface area contributed by atoms with Crippen molar-refractivity contribution in [2.24, 2.45) is 11.8 Å². The maximum atomic E-state index is 12.3. The topological polar surface area (TPSA) is 72.8 Å². The molecule has 2 aliphatic heterocycles. The van der Waals surface area contributed by atoms with E-state index in [4.69, 9.17) is 9.47 Å². The van der Waals surface area contributed by atoms with Crippen molar-refractivity contribution in [1.82, 2.24) is 0 Å². The lowest BCUT2D eigenvalue weighted by atomic mass is 9.82. The Morgan fingerprint density at radius 1 is 1.27 bits per heavy atom. The molecular weight excluding hydrogens is 332 g/mol. The Morgan fingerprint density at radius 2 is 1.96 bits per heavy atom. The molecule has 26 heavy (non-hydrogen) atoms. The summed E-state index contributed by atoms with van der Waals surface area (Å²) < 4.78 is 12.0. The van der Waals surface area contributed by atoms with Crippen molar-refractivity contribution in [3.63, 3.8) is 0 Å². The molecule has 1 fully saturated rings. The van der Waals surface area contributed by atoms with Gasteiger partial charge in [-0.3, -0.25) is 9.59 Å². The van der Waals surface area contributed by atoms with Crippen molar-refractivity contribution in [3.05, 3.63) is 12.2 Å². The molecule has 1 N–H and O–H groups in total. The van der Waals surface area contributed by atoms with E-state index in [1.54, 1.807) is 13.0 Å². The first-order valence-corrected chi connectivity index (χ1v) is 9.76. The minimum atomic E-state index is -1.19. The predicted molar refractivity (Wildman–Crippen MR) is 99.6 cm³/mol. The molecule has 5 atom stereocenters. The molecule has 0 radical (unpaired) electrons. The van der Waals surface area contributed by atoms with Crippen molar-refractivity contribution in [3.8, 4) is 0 Å². The molecule has 0 aromatic rings. The molecule has 0 amide bonds. The van der Waals surface area contributed by atoms with Gasteiger partial charge in [0.25, 0.3) is 6.47 Å². The second kappa shape index (κ2) is 7.81. The molecule has 0 aromatic carbocycles. The minimum Gasteiger partial charge on any atom is -0.462 e. The standard InChI is InChI=1S/C21H34O5/c1-15(2)21-10-8-19(4,24)13-17(23)12-16(3)6-7-18(25-14-22)20(5,26-21)9-11-21/h8,10,14-16,18,24H,6-7,9,11-13H2,1-5H3/t16-,18+,19+,20-,21-/m0/s1. The third-order valence-corrected chi connectivity index (χ3v) is 6.09. The van der Waals surface area contributed by atoms with E-state index in [0.29, 0.717) is 19.3 Å². The summed E-state index contributed by atoms with van der Waals surface area (Å²) in [5.41, 5.74) is -2.29. The molecule has 2 aliphatic rings. The van der Waals surface area contributed by atoms with Gasteiger partial charge in [-0.15, -0.1) is 0 Å². The van der Waals surface area contributed by atoms with Gasteiger partial charge < -0.3 is 14.6 Å². The quantitative estimate of drug-likeness (QED) is 0.610. The van der Waals surface area contributed by atoms with E-state index in [9.17, 15) is 14.7 Å². The monoisotopic (exact) mass is 366 g/mol. The summed E-state index contributed by atoms with van der Waals surface area (Å²) in [7, 11) is 0. The fraction of sp³-hybridized carbons (Fsp3) is 0.810. The number of rotatable bonds is 3. The van der Waals surface area contributed by atoms with Gasteiger partial charge in [0, 0.05) is 12.8 Å². The highest BCUT2D eigenvalue weighted by Gasteiger charge is 2.51. The van der Waals surface area contributed by atoms with Crippen LogP contribution >= 0.6 is 0 Å². The van der Waals surface area contributed by atoms with Crippen LogP contribution in [0.3, 0.4) is 0 Å². The van der Waals surface area contributed by atoms with Crippen LogP contribution in [0.25, 0.3) is 0 Å². The summed E-state index contributed by atoms with van der Waals surface area (Å²) in [5, 5.41) is 10.7. The molecule has 5 nitrogen and oxygen atoms in total. The number of carbonyl (C=O) groups excluding carboxylic acids is 2. The van der Waals surface area contributed by atoms with Gasteiger partial charge >= 0.3 is 0 Å². The van der Waals surface area contributed by atoms with Crippen LogP contribution < -0.4 is 0 Å². The lowest BCUT2D eigenvalue weighted by Gasteiger charge is -2.38. The van der Waals surface area contributed by atoms with E-state index in [-0.39, 0.29) is 30.1 Å². The van der Waals surface area contributed by atoms with Gasteiger partial charge in [-0.2, -0.15) is 0 Å². The van der Waals surface area contributed by atoms with E-state index in [2.05, 4.69) is 13.8 Å². The number of ether oxygens (including phenoxy) is 2. The number of Topliss-reactive ketones (excluding diaryl/α,β-unsaturated/α-hetero) is 1. The van der Waals surface area contributed by atoms with Crippen LogP contribution in [0, 0.1) is 11.8 Å². The third-order valence-electron chi connectivity index (χ3n) is 6.09. The van der Waals surface area contributed by atoms with Crippen molar-refractivity contribution < 1.29 is 24.2 Å². The SMILES string of the molecule is CC(C)[C@]12C=C[C@@](C)(O)CC(=O)C[C@@H](C)CC[C@@H](OC=O)[C@](C)(CC1)O2. The summed E-state index contributed by atoms with van der Waals surface area (Å²) >= 11 is 0. The number of fused-ring (bicyclic) bond motifs is 2. The third kappa shape index (κ3) is 4.74. The minimum absolute atomic E-state index is 0.0511. The van der Waals surface area contributed by atoms with Crippen LogP contribution in [0.5, 0.6) is 0 Å². The summed E-state index contributed by atoms with van der Waals surface area (Å²) in [6, 6.07) is 0. The molecule has 5 heteroatoms. The fourth-order valence-electron chi connectivity index (χ4n) is 4.28. The summed E-state index contributed by atoms with van der Waals surface area (Å²) in [6.07, 6.45) is 6.83. The van der Waals surface area contributed by atoms with Gasteiger partial charge in [0.05, 0.1) is 11.2 Å². The van der Waals surface area contributed by atoms with Gasteiger partial charge in [0.15, 0.2) is 0 Å². The largest absolute Gasteiger partial charge is 0.462 e. The van der Waals surface area contributed by atoms with Gasteiger partial charge in [0.2, 0.25) is 0 Å². The smallest absolute Gasteiger partial charge is 0.293 e. The summed E-state index contributed by atoms with van der Waals surface area (Å²) in [6.45, 7) is 10.4. The summed E-state index contributed by atoms with van der Waals surface area (Å²) in [5.74, 6) is 0.406. The molecule has 1 saturated heterocycles. The zero-order chi connectivity index (χ0) is 19.6. The highest BCUT2D eigenvalue weighted by molar-refractivity contribution is 5.79. The lowest BCUT2D eigenvalue weighted by Crippen LogP contribution is -2.45. The van der Waals surface area contributed by atoms with Crippen molar-refractivity contribution in [1.29, 1.82) is 0 Å². The van der Waals surface area contributed by atoms with E-state index < -0.39 is 16.8 Å². The Morgan fingerprint density at radius 3 is 2.58 bits per heavy atom. The molecule has 0 unspecified atom stereocenters. The number of aliphatic hydroxyl groups is 1. The lowest BCUT2D eigenvalue weighted by molar-refractivity contribution is -0.170. The Hall–Kier alpha value is -1.20. The van der Waals surface area contributed by atoms with Gasteiger partial charge in [-0.25, -0.2) is 0 Å². The average molecular weight is 366 g/mol. The Kier molecular flexibility index (Phi) is 6.34.